The average molecular weight is 310 g/mol. The molecule has 0 saturated carbocycles. The molecule has 1 aromatic carbocycles. The van der Waals surface area contributed by atoms with Gasteiger partial charge in [0.15, 0.2) is 0 Å². The Morgan fingerprint density at radius 1 is 1.05 bits per heavy atom. The molecule has 22 heavy (non-hydrogen) atoms. The number of hydrogen-bond acceptors (Lipinski definition) is 2. The van der Waals surface area contributed by atoms with E-state index >= 15 is 0 Å². The summed E-state index contributed by atoms with van der Waals surface area (Å²) in [7, 11) is 0. The first-order valence-electron chi connectivity index (χ1n) is 7.29. The molecular weight excluding hydrogens is 292 g/mol. The molecule has 3 aromatic rings. The van der Waals surface area contributed by atoms with Gasteiger partial charge in [0, 0.05) is 23.8 Å². The van der Waals surface area contributed by atoms with E-state index in [1.165, 1.54) is 4.88 Å². The summed E-state index contributed by atoms with van der Waals surface area (Å²) in [6.45, 7) is 0.572. The molecule has 0 unspecified atom stereocenters. The maximum absolute atomic E-state index is 12.3. The number of aromatic nitrogens is 1. The highest BCUT2D eigenvalue weighted by Gasteiger charge is 2.18. The Kier molecular flexibility index (Phi) is 4.71. The molecule has 3 rings (SSSR count). The summed E-state index contributed by atoms with van der Waals surface area (Å²) in [5.41, 5.74) is 1.12. The standard InChI is InChI=1S/C18H18N2OS/c21-18(19-14-15-7-2-1-3-8-15)13-16(17-9-6-12-22-17)20-10-4-5-11-20/h1-12,16H,13-14H2,(H,19,21)/t16-/m0/s1. The van der Waals surface area contributed by atoms with Crippen LogP contribution in [0.15, 0.2) is 72.4 Å². The number of benzene rings is 1. The smallest absolute Gasteiger partial charge is 0.222 e. The van der Waals surface area contributed by atoms with Crippen molar-refractivity contribution < 1.29 is 4.79 Å². The first-order valence-corrected chi connectivity index (χ1v) is 8.17. The summed E-state index contributed by atoms with van der Waals surface area (Å²) in [4.78, 5) is 13.5. The second-order valence-corrected chi connectivity index (χ2v) is 6.11. The van der Waals surface area contributed by atoms with Crippen LogP contribution < -0.4 is 5.32 Å². The van der Waals surface area contributed by atoms with Crippen LogP contribution in [0.5, 0.6) is 0 Å². The number of thiophene rings is 1. The normalized spacial score (nSPS) is 12.0. The van der Waals surface area contributed by atoms with Crippen LogP contribution in [0.1, 0.15) is 22.9 Å². The molecule has 1 amide bonds. The molecule has 1 N–H and O–H groups in total. The number of amides is 1. The van der Waals surface area contributed by atoms with E-state index < -0.39 is 0 Å². The van der Waals surface area contributed by atoms with Crippen LogP contribution in [-0.2, 0) is 11.3 Å². The van der Waals surface area contributed by atoms with Crippen LogP contribution in [0.25, 0.3) is 0 Å². The van der Waals surface area contributed by atoms with Crippen molar-refractivity contribution in [3.8, 4) is 0 Å². The molecular formula is C18H18N2OS. The molecule has 1 atom stereocenters. The number of nitrogens with zero attached hydrogens (tertiary/aromatic N) is 1. The van der Waals surface area contributed by atoms with Gasteiger partial charge in [-0.1, -0.05) is 36.4 Å². The number of rotatable bonds is 6. The van der Waals surface area contributed by atoms with Gasteiger partial charge in [0.2, 0.25) is 5.91 Å². The zero-order valence-electron chi connectivity index (χ0n) is 12.2. The molecule has 0 aliphatic carbocycles. The molecule has 0 saturated heterocycles. The first-order chi connectivity index (χ1) is 10.8. The molecule has 2 aromatic heterocycles. The van der Waals surface area contributed by atoms with Crippen molar-refractivity contribution in [3.63, 3.8) is 0 Å². The minimum atomic E-state index is 0.0609. The minimum absolute atomic E-state index is 0.0609. The van der Waals surface area contributed by atoms with E-state index in [1.807, 2.05) is 66.3 Å². The van der Waals surface area contributed by atoms with Gasteiger partial charge in [-0.2, -0.15) is 0 Å². The van der Waals surface area contributed by atoms with Crippen molar-refractivity contribution in [2.45, 2.75) is 19.0 Å². The molecule has 0 aliphatic heterocycles. The first kappa shape index (κ1) is 14.6. The SMILES string of the molecule is O=C(C[C@@H](c1cccs1)n1cccc1)NCc1ccccc1. The van der Waals surface area contributed by atoms with Gasteiger partial charge in [0.05, 0.1) is 12.5 Å². The number of hydrogen-bond donors (Lipinski definition) is 1. The number of carbonyl (C=O) groups is 1. The van der Waals surface area contributed by atoms with Crippen molar-refractivity contribution in [2.24, 2.45) is 0 Å². The Labute approximate surface area is 134 Å². The minimum Gasteiger partial charge on any atom is -0.352 e. The van der Waals surface area contributed by atoms with Crippen molar-refractivity contribution in [2.75, 3.05) is 0 Å². The van der Waals surface area contributed by atoms with Gasteiger partial charge in [-0.05, 0) is 29.1 Å². The molecule has 112 valence electrons. The Morgan fingerprint density at radius 3 is 2.50 bits per heavy atom. The zero-order chi connectivity index (χ0) is 15.2. The Morgan fingerprint density at radius 2 is 1.82 bits per heavy atom. The molecule has 4 heteroatoms. The molecule has 3 nitrogen and oxygen atoms in total. The number of nitrogens with one attached hydrogen (secondary N) is 1. The maximum atomic E-state index is 12.3. The fourth-order valence-electron chi connectivity index (χ4n) is 2.43. The van der Waals surface area contributed by atoms with E-state index in [-0.39, 0.29) is 11.9 Å². The Hall–Kier alpha value is -2.33. The molecule has 0 radical (unpaired) electrons. The second kappa shape index (κ2) is 7.09. The van der Waals surface area contributed by atoms with E-state index in [9.17, 15) is 4.79 Å². The third-order valence-electron chi connectivity index (χ3n) is 3.57. The highest BCUT2D eigenvalue weighted by Crippen LogP contribution is 2.26. The van der Waals surface area contributed by atoms with Gasteiger partial charge in [0.25, 0.3) is 0 Å². The third kappa shape index (κ3) is 3.65. The lowest BCUT2D eigenvalue weighted by Gasteiger charge is -2.17. The lowest BCUT2D eigenvalue weighted by Crippen LogP contribution is -2.26. The van der Waals surface area contributed by atoms with Crippen LogP contribution in [0, 0.1) is 0 Å². The van der Waals surface area contributed by atoms with Crippen LogP contribution in [0.4, 0.5) is 0 Å². The third-order valence-corrected chi connectivity index (χ3v) is 4.54. The summed E-state index contributed by atoms with van der Waals surface area (Å²) in [5, 5.41) is 5.05. The van der Waals surface area contributed by atoms with Crippen molar-refractivity contribution in [1.82, 2.24) is 9.88 Å². The molecule has 0 aliphatic rings. The monoisotopic (exact) mass is 310 g/mol. The van der Waals surface area contributed by atoms with Gasteiger partial charge >= 0.3 is 0 Å². The average Bonchev–Trinajstić information content (AvgIpc) is 3.25. The van der Waals surface area contributed by atoms with E-state index in [0.717, 1.165) is 5.56 Å². The molecule has 0 fully saturated rings. The largest absolute Gasteiger partial charge is 0.352 e. The van der Waals surface area contributed by atoms with Crippen molar-refractivity contribution in [3.05, 3.63) is 82.8 Å². The van der Waals surface area contributed by atoms with Crippen LogP contribution in [0.3, 0.4) is 0 Å². The van der Waals surface area contributed by atoms with Crippen molar-refractivity contribution >= 4 is 17.2 Å². The van der Waals surface area contributed by atoms with Crippen LogP contribution in [0.2, 0.25) is 0 Å². The van der Waals surface area contributed by atoms with Crippen LogP contribution in [-0.4, -0.2) is 10.5 Å². The zero-order valence-corrected chi connectivity index (χ0v) is 13.0. The summed E-state index contributed by atoms with van der Waals surface area (Å²) in [6.07, 6.45) is 4.46. The van der Waals surface area contributed by atoms with E-state index in [1.54, 1.807) is 11.3 Å². The predicted octanol–water partition coefficient (Wildman–Crippen LogP) is 3.85. The van der Waals surface area contributed by atoms with Crippen LogP contribution >= 0.6 is 11.3 Å². The summed E-state index contributed by atoms with van der Waals surface area (Å²) < 4.78 is 2.09. The van der Waals surface area contributed by atoms with Gasteiger partial charge < -0.3 is 9.88 Å². The Bertz CT molecular complexity index is 656. The topological polar surface area (TPSA) is 34.0 Å². The van der Waals surface area contributed by atoms with Gasteiger partial charge in [-0.25, -0.2) is 0 Å². The lowest BCUT2D eigenvalue weighted by molar-refractivity contribution is -0.121. The van der Waals surface area contributed by atoms with Gasteiger partial charge in [0.1, 0.15) is 0 Å². The predicted molar refractivity (Wildman–Crippen MR) is 89.8 cm³/mol. The molecule has 2 heterocycles. The molecule has 0 spiro atoms. The highest BCUT2D eigenvalue weighted by atomic mass is 32.1. The van der Waals surface area contributed by atoms with E-state index in [0.29, 0.717) is 13.0 Å². The summed E-state index contributed by atoms with van der Waals surface area (Å²) in [5.74, 6) is 0.0657. The Balaban J connectivity index is 1.65. The fourth-order valence-corrected chi connectivity index (χ4v) is 3.27. The van der Waals surface area contributed by atoms with Gasteiger partial charge in [-0.3, -0.25) is 4.79 Å². The van der Waals surface area contributed by atoms with Crippen molar-refractivity contribution in [1.29, 1.82) is 0 Å². The summed E-state index contributed by atoms with van der Waals surface area (Å²) >= 11 is 1.68. The van der Waals surface area contributed by atoms with Gasteiger partial charge in [-0.15, -0.1) is 11.3 Å². The quantitative estimate of drug-likeness (QED) is 0.737. The van der Waals surface area contributed by atoms with E-state index in [2.05, 4.69) is 16.0 Å². The van der Waals surface area contributed by atoms with E-state index in [4.69, 9.17) is 0 Å². The highest BCUT2D eigenvalue weighted by molar-refractivity contribution is 7.10. The summed E-state index contributed by atoms with van der Waals surface area (Å²) in [6, 6.07) is 18.1. The fraction of sp³-hybridized carbons (Fsp3) is 0.167. The second-order valence-electron chi connectivity index (χ2n) is 5.13. The molecule has 0 bridgehead atoms. The maximum Gasteiger partial charge on any atom is 0.222 e. The number of carbonyl (C=O) groups excluding carboxylic acids is 1. The lowest BCUT2D eigenvalue weighted by atomic mass is 10.1.